The second kappa shape index (κ2) is 4.11. The summed E-state index contributed by atoms with van der Waals surface area (Å²) in [4.78, 5) is 14.0. The average molecular weight is 223 g/mol. The van der Waals surface area contributed by atoms with Crippen LogP contribution in [-0.2, 0) is 9.53 Å². The molecule has 0 aromatic carbocycles. The lowest BCUT2D eigenvalue weighted by Gasteiger charge is -2.36. The third kappa shape index (κ3) is 1.91. The van der Waals surface area contributed by atoms with Gasteiger partial charge in [-0.2, -0.15) is 0 Å². The smallest absolute Gasteiger partial charge is 0.138 e. The van der Waals surface area contributed by atoms with Crippen LogP contribution in [0, 0.1) is 11.8 Å². The van der Waals surface area contributed by atoms with Crippen LogP contribution in [0.25, 0.3) is 0 Å². The Labute approximate surface area is 97.1 Å². The number of carbonyl (C=O) groups excluding carboxylic acids is 1. The maximum absolute atomic E-state index is 11.5. The van der Waals surface area contributed by atoms with E-state index in [1.165, 1.54) is 19.3 Å². The summed E-state index contributed by atoms with van der Waals surface area (Å²) in [5, 5.41) is 0. The van der Waals surface area contributed by atoms with E-state index in [-0.39, 0.29) is 5.92 Å². The number of hydrogen-bond donors (Lipinski definition) is 0. The van der Waals surface area contributed by atoms with Crippen molar-refractivity contribution >= 4 is 5.78 Å². The van der Waals surface area contributed by atoms with Crippen molar-refractivity contribution in [1.29, 1.82) is 0 Å². The van der Waals surface area contributed by atoms with Gasteiger partial charge in [0.1, 0.15) is 5.78 Å². The lowest BCUT2D eigenvalue weighted by Crippen LogP contribution is -2.49. The lowest BCUT2D eigenvalue weighted by molar-refractivity contribution is -0.126. The van der Waals surface area contributed by atoms with Gasteiger partial charge in [-0.05, 0) is 25.2 Å². The van der Waals surface area contributed by atoms with Crippen molar-refractivity contribution in [1.82, 2.24) is 4.90 Å². The second-order valence-corrected chi connectivity index (χ2v) is 5.64. The number of rotatable bonds is 2. The molecule has 0 bridgehead atoms. The van der Waals surface area contributed by atoms with E-state index in [0.717, 1.165) is 32.0 Å². The topological polar surface area (TPSA) is 29.5 Å². The van der Waals surface area contributed by atoms with Crippen LogP contribution in [-0.4, -0.2) is 42.5 Å². The van der Waals surface area contributed by atoms with Gasteiger partial charge in [-0.1, -0.05) is 6.92 Å². The van der Waals surface area contributed by atoms with Crippen LogP contribution in [0.15, 0.2) is 0 Å². The summed E-state index contributed by atoms with van der Waals surface area (Å²) in [5.74, 6) is 1.49. The van der Waals surface area contributed by atoms with E-state index in [2.05, 4.69) is 11.8 Å². The van der Waals surface area contributed by atoms with Gasteiger partial charge in [0.2, 0.25) is 0 Å². The number of Topliss-reactive ketones (excluding diaryl/α,β-unsaturated/α-hetero) is 1. The Bertz CT molecular complexity index is 288. The molecule has 0 aromatic heterocycles. The molecule has 0 radical (unpaired) electrons. The summed E-state index contributed by atoms with van der Waals surface area (Å²) in [6.07, 6.45) is 5.09. The molecule has 1 aliphatic carbocycles. The Balaban J connectivity index is 1.65. The molecule has 2 aliphatic heterocycles. The van der Waals surface area contributed by atoms with Crippen molar-refractivity contribution in [2.45, 2.75) is 44.8 Å². The van der Waals surface area contributed by atoms with Gasteiger partial charge >= 0.3 is 0 Å². The highest BCUT2D eigenvalue weighted by atomic mass is 16.5. The predicted molar refractivity (Wildman–Crippen MR) is 61.2 cm³/mol. The molecule has 0 N–H and O–H groups in total. The molecule has 3 rings (SSSR count). The first kappa shape index (κ1) is 10.7. The maximum Gasteiger partial charge on any atom is 0.138 e. The third-order valence-corrected chi connectivity index (χ3v) is 4.36. The Morgan fingerprint density at radius 1 is 1.31 bits per heavy atom. The predicted octanol–water partition coefficient (Wildman–Crippen LogP) is 1.46. The monoisotopic (exact) mass is 223 g/mol. The maximum atomic E-state index is 11.5. The Kier molecular flexibility index (Phi) is 2.76. The summed E-state index contributed by atoms with van der Waals surface area (Å²) in [6.45, 7) is 4.90. The van der Waals surface area contributed by atoms with Crippen molar-refractivity contribution in [3.63, 3.8) is 0 Å². The minimum Gasteiger partial charge on any atom is -0.376 e. The molecule has 3 heteroatoms. The molecule has 3 atom stereocenters. The van der Waals surface area contributed by atoms with Crippen LogP contribution in [0.5, 0.6) is 0 Å². The van der Waals surface area contributed by atoms with Crippen molar-refractivity contribution in [2.24, 2.45) is 11.8 Å². The minimum atomic E-state index is 0.231. The number of ether oxygens (including phenoxy) is 1. The summed E-state index contributed by atoms with van der Waals surface area (Å²) in [6, 6.07) is 0.600. The fraction of sp³-hybridized carbons (Fsp3) is 0.923. The first-order valence-corrected chi connectivity index (χ1v) is 6.64. The number of piperidine rings is 1. The molecule has 2 saturated heterocycles. The molecule has 0 aromatic rings. The highest BCUT2D eigenvalue weighted by molar-refractivity contribution is 5.81. The molecule has 90 valence electrons. The normalized spacial score (nSPS) is 41.6. The fourth-order valence-electron chi connectivity index (χ4n) is 3.21. The van der Waals surface area contributed by atoms with E-state index in [1.807, 2.05) is 0 Å². The van der Waals surface area contributed by atoms with Crippen molar-refractivity contribution < 1.29 is 9.53 Å². The zero-order valence-corrected chi connectivity index (χ0v) is 10.0. The minimum absolute atomic E-state index is 0.231. The number of likely N-dealkylation sites (tertiary alicyclic amines) is 1. The largest absolute Gasteiger partial charge is 0.376 e. The first-order valence-electron chi connectivity index (χ1n) is 6.64. The van der Waals surface area contributed by atoms with Gasteiger partial charge in [0, 0.05) is 38.1 Å². The average Bonchev–Trinajstić information content (AvgIpc) is 3.01. The van der Waals surface area contributed by atoms with Crippen LogP contribution in [0.3, 0.4) is 0 Å². The first-order chi connectivity index (χ1) is 7.75. The summed E-state index contributed by atoms with van der Waals surface area (Å²) in [7, 11) is 0. The zero-order chi connectivity index (χ0) is 11.1. The van der Waals surface area contributed by atoms with E-state index in [0.29, 0.717) is 17.9 Å². The van der Waals surface area contributed by atoms with Gasteiger partial charge in [-0.3, -0.25) is 9.69 Å². The van der Waals surface area contributed by atoms with Crippen LogP contribution >= 0.6 is 0 Å². The molecule has 1 saturated carbocycles. The Morgan fingerprint density at radius 2 is 2.12 bits per heavy atom. The van der Waals surface area contributed by atoms with Crippen LogP contribution in [0.1, 0.15) is 32.6 Å². The van der Waals surface area contributed by atoms with Gasteiger partial charge in [-0.15, -0.1) is 0 Å². The second-order valence-electron chi connectivity index (χ2n) is 5.64. The number of carbonyl (C=O) groups is 1. The zero-order valence-electron chi connectivity index (χ0n) is 10.0. The molecular formula is C13H21NO2. The van der Waals surface area contributed by atoms with E-state index < -0.39 is 0 Å². The van der Waals surface area contributed by atoms with Crippen molar-refractivity contribution in [3.8, 4) is 0 Å². The van der Waals surface area contributed by atoms with Gasteiger partial charge < -0.3 is 4.74 Å². The number of hydrogen-bond acceptors (Lipinski definition) is 3. The van der Waals surface area contributed by atoms with Crippen molar-refractivity contribution in [2.75, 3.05) is 19.7 Å². The van der Waals surface area contributed by atoms with E-state index in [1.54, 1.807) is 0 Å². The molecule has 0 spiro atoms. The van der Waals surface area contributed by atoms with Crippen LogP contribution in [0.4, 0.5) is 0 Å². The molecule has 0 amide bonds. The SMILES string of the molecule is CC1CN(C2CCOC2C2CC2)CCC1=O. The number of ketones is 1. The van der Waals surface area contributed by atoms with Gasteiger partial charge in [-0.25, -0.2) is 0 Å². The van der Waals surface area contributed by atoms with E-state index in [9.17, 15) is 4.79 Å². The standard InChI is InChI=1S/C13H21NO2/c1-9-8-14(6-4-12(9)15)11-5-7-16-13(11)10-2-3-10/h9-11,13H,2-8H2,1H3. The van der Waals surface area contributed by atoms with E-state index in [4.69, 9.17) is 4.74 Å². The molecule has 3 fully saturated rings. The third-order valence-electron chi connectivity index (χ3n) is 4.36. The summed E-state index contributed by atoms with van der Waals surface area (Å²) in [5.41, 5.74) is 0. The molecule has 3 nitrogen and oxygen atoms in total. The van der Waals surface area contributed by atoms with Gasteiger partial charge in [0.15, 0.2) is 0 Å². The van der Waals surface area contributed by atoms with Gasteiger partial charge in [0.25, 0.3) is 0 Å². The highest BCUT2D eigenvalue weighted by Crippen LogP contribution is 2.40. The molecule has 16 heavy (non-hydrogen) atoms. The lowest BCUT2D eigenvalue weighted by atomic mass is 9.94. The van der Waals surface area contributed by atoms with Crippen LogP contribution < -0.4 is 0 Å². The fourth-order valence-corrected chi connectivity index (χ4v) is 3.21. The number of nitrogens with zero attached hydrogens (tertiary/aromatic N) is 1. The summed E-state index contributed by atoms with van der Waals surface area (Å²) >= 11 is 0. The Hall–Kier alpha value is -0.410. The Morgan fingerprint density at radius 3 is 2.81 bits per heavy atom. The summed E-state index contributed by atoms with van der Waals surface area (Å²) < 4.78 is 5.88. The molecule has 3 aliphatic rings. The van der Waals surface area contributed by atoms with Crippen LogP contribution in [0.2, 0.25) is 0 Å². The van der Waals surface area contributed by atoms with Gasteiger partial charge in [0.05, 0.1) is 6.10 Å². The molecule has 2 heterocycles. The van der Waals surface area contributed by atoms with E-state index >= 15 is 0 Å². The molecule has 3 unspecified atom stereocenters. The van der Waals surface area contributed by atoms with Crippen molar-refractivity contribution in [3.05, 3.63) is 0 Å². The molecular weight excluding hydrogens is 202 g/mol. The highest BCUT2D eigenvalue weighted by Gasteiger charge is 2.44. The quantitative estimate of drug-likeness (QED) is 0.710.